The lowest BCUT2D eigenvalue weighted by Crippen LogP contribution is -2.69. The van der Waals surface area contributed by atoms with E-state index in [0.717, 1.165) is 19.8 Å². The molecule has 20 atom stereocenters. The molecule has 344 valence electrons. The lowest BCUT2D eigenvalue weighted by molar-refractivity contribution is -0.386. The lowest BCUT2D eigenvalue weighted by Gasteiger charge is -2.49. The third-order valence-electron chi connectivity index (χ3n) is 10.7. The third-order valence-corrected chi connectivity index (χ3v) is 10.7. The summed E-state index contributed by atoms with van der Waals surface area (Å²) in [4.78, 5) is 11.9. The van der Waals surface area contributed by atoms with Crippen molar-refractivity contribution < 1.29 is 104 Å². The summed E-state index contributed by atoms with van der Waals surface area (Å²) in [5.74, 6) is -0.249. The fourth-order valence-electron chi connectivity index (χ4n) is 7.37. The summed E-state index contributed by atoms with van der Waals surface area (Å²) >= 11 is 0. The highest BCUT2D eigenvalue weighted by molar-refractivity contribution is 5.73. The SMILES string of the molecule is CC(=O)NC1[C@H](O[C@@H]2C(O)[C@@H](O[C@H]3C(CO)O[C@@H](O[C@@H]4C(COc5ccccc5)O[C@@H](OCCCCCN)C(O)[C@H]4O)C(O)[C@H]3O)OC(CO)[C@@H]2O)OC(CO)[C@H](O)[C@@H]1O. The molecule has 0 bridgehead atoms. The Labute approximate surface area is 345 Å². The molecular weight excluding hydrogens is 808 g/mol. The van der Waals surface area contributed by atoms with Gasteiger partial charge in [0.05, 0.1) is 19.8 Å². The Bertz CT molecular complexity index is 1420. The standard InChI is InChI=1S/C37H60N2O21/c1-16(43)39-22-25(46)23(44)18(12-40)54-34(22)60-33-24(45)19(13-41)55-37(30(33)51)58-31-20(14-42)56-36(29(50)27(31)48)59-32-21(15-53-17-8-4-2-5-9-17)57-35(28(49)26(32)47)52-11-7-3-6-10-38/h2,4-5,8-9,18-37,40-42,44-51H,3,6-7,10-15,38H2,1H3,(H,39,43)/t18?,19?,20?,21?,22?,23-,24-,25+,26+,27+,28?,29?,30?,31-,32+,33-,34-,35+,36-,37+/m0/s1. The Morgan fingerprint density at radius 1 is 0.600 bits per heavy atom. The van der Waals surface area contributed by atoms with Crippen LogP contribution in [0.25, 0.3) is 0 Å². The number of amides is 1. The maximum absolute atomic E-state index is 11.9. The first-order valence-electron chi connectivity index (χ1n) is 19.9. The van der Waals surface area contributed by atoms with Crippen LogP contribution in [0.15, 0.2) is 30.3 Å². The molecule has 4 heterocycles. The van der Waals surface area contributed by atoms with E-state index in [4.69, 9.17) is 48.4 Å². The minimum absolute atomic E-state index is 0.177. The Hall–Kier alpha value is -2.31. The number of nitrogens with one attached hydrogen (secondary N) is 1. The molecule has 1 aromatic carbocycles. The number of para-hydroxylation sites is 1. The van der Waals surface area contributed by atoms with Crippen molar-refractivity contribution >= 4 is 5.91 Å². The van der Waals surface area contributed by atoms with Crippen LogP contribution in [0, 0.1) is 0 Å². The average molecular weight is 869 g/mol. The van der Waals surface area contributed by atoms with Crippen molar-refractivity contribution in [3.8, 4) is 5.75 Å². The van der Waals surface area contributed by atoms with Gasteiger partial charge in [-0.1, -0.05) is 18.2 Å². The molecule has 5 rings (SSSR count). The molecule has 0 aliphatic carbocycles. The first-order valence-corrected chi connectivity index (χ1v) is 19.9. The van der Waals surface area contributed by atoms with E-state index in [9.17, 15) is 61.0 Å². The van der Waals surface area contributed by atoms with Crippen molar-refractivity contribution in [2.45, 2.75) is 149 Å². The van der Waals surface area contributed by atoms with E-state index in [-0.39, 0.29) is 13.2 Å². The monoisotopic (exact) mass is 868 g/mol. The molecule has 0 saturated carbocycles. The number of ether oxygens (including phenoxy) is 9. The smallest absolute Gasteiger partial charge is 0.217 e. The van der Waals surface area contributed by atoms with E-state index in [1.807, 2.05) is 0 Å². The van der Waals surface area contributed by atoms with E-state index in [0.29, 0.717) is 18.7 Å². The van der Waals surface area contributed by atoms with Crippen LogP contribution in [0.5, 0.6) is 5.75 Å². The molecule has 4 aliphatic heterocycles. The second-order valence-corrected chi connectivity index (χ2v) is 15.0. The average Bonchev–Trinajstić information content (AvgIpc) is 3.24. The maximum Gasteiger partial charge on any atom is 0.217 e. The van der Waals surface area contributed by atoms with Gasteiger partial charge >= 0.3 is 0 Å². The summed E-state index contributed by atoms with van der Waals surface area (Å²) in [6, 6.07) is 7.09. The lowest BCUT2D eigenvalue weighted by atomic mass is 9.95. The van der Waals surface area contributed by atoms with Gasteiger partial charge in [0.1, 0.15) is 110 Å². The number of hydrogen-bond acceptors (Lipinski definition) is 22. The number of hydrogen-bond donors (Lipinski definition) is 13. The molecule has 4 aliphatic rings. The van der Waals surface area contributed by atoms with Crippen molar-refractivity contribution in [2.24, 2.45) is 5.73 Å². The Morgan fingerprint density at radius 3 is 1.75 bits per heavy atom. The zero-order valence-electron chi connectivity index (χ0n) is 32.9. The highest BCUT2D eigenvalue weighted by Gasteiger charge is 2.55. The van der Waals surface area contributed by atoms with Crippen molar-refractivity contribution in [2.75, 3.05) is 39.6 Å². The molecule has 60 heavy (non-hydrogen) atoms. The van der Waals surface area contributed by atoms with Crippen LogP contribution in [0.2, 0.25) is 0 Å². The van der Waals surface area contributed by atoms with E-state index in [1.54, 1.807) is 30.3 Å². The number of nitrogens with two attached hydrogens (primary N) is 1. The Kier molecular flexibility index (Phi) is 18.6. The fraction of sp³-hybridized carbons (Fsp3) is 0.811. The van der Waals surface area contributed by atoms with Crippen molar-refractivity contribution in [3.05, 3.63) is 30.3 Å². The van der Waals surface area contributed by atoms with Crippen molar-refractivity contribution in [1.29, 1.82) is 0 Å². The summed E-state index contributed by atoms with van der Waals surface area (Å²) < 4.78 is 52.2. The molecule has 4 saturated heterocycles. The van der Waals surface area contributed by atoms with Gasteiger partial charge in [0.15, 0.2) is 25.2 Å². The van der Waals surface area contributed by atoms with Gasteiger partial charge < -0.3 is 110 Å². The molecule has 0 radical (unpaired) electrons. The second-order valence-electron chi connectivity index (χ2n) is 15.0. The molecule has 23 nitrogen and oxygen atoms in total. The van der Waals surface area contributed by atoms with Gasteiger partial charge in [-0.15, -0.1) is 0 Å². The number of carbonyl (C=O) groups is 1. The number of benzene rings is 1. The number of aliphatic hydroxyl groups excluding tert-OH is 11. The van der Waals surface area contributed by atoms with Gasteiger partial charge in [0.25, 0.3) is 0 Å². The zero-order valence-corrected chi connectivity index (χ0v) is 32.9. The molecule has 1 amide bonds. The zero-order chi connectivity index (χ0) is 43.7. The number of unbranched alkanes of at least 4 members (excludes halogenated alkanes) is 2. The number of aliphatic hydroxyl groups is 11. The maximum atomic E-state index is 11.9. The van der Waals surface area contributed by atoms with Crippen LogP contribution in [0.3, 0.4) is 0 Å². The van der Waals surface area contributed by atoms with Crippen LogP contribution in [-0.2, 0) is 42.7 Å². The first-order chi connectivity index (χ1) is 28.7. The Balaban J connectivity index is 1.30. The molecule has 1 aromatic rings. The topological polar surface area (TPSA) is 361 Å². The van der Waals surface area contributed by atoms with Gasteiger partial charge in [-0.2, -0.15) is 0 Å². The Morgan fingerprint density at radius 2 is 1.13 bits per heavy atom. The van der Waals surface area contributed by atoms with Crippen LogP contribution in [0.1, 0.15) is 26.2 Å². The van der Waals surface area contributed by atoms with Gasteiger partial charge in [0.2, 0.25) is 5.91 Å². The van der Waals surface area contributed by atoms with Crippen molar-refractivity contribution in [3.63, 3.8) is 0 Å². The summed E-state index contributed by atoms with van der Waals surface area (Å²) in [5, 5.41) is 121. The van der Waals surface area contributed by atoms with Crippen LogP contribution in [-0.4, -0.2) is 224 Å². The second kappa shape index (κ2) is 22.9. The van der Waals surface area contributed by atoms with Gasteiger partial charge in [-0.3, -0.25) is 4.79 Å². The summed E-state index contributed by atoms with van der Waals surface area (Å²) in [5.41, 5.74) is 5.55. The van der Waals surface area contributed by atoms with E-state index in [2.05, 4.69) is 5.32 Å². The first kappa shape index (κ1) is 48.7. The summed E-state index contributed by atoms with van der Waals surface area (Å²) in [7, 11) is 0. The molecular formula is C37H60N2O21. The molecule has 14 N–H and O–H groups in total. The van der Waals surface area contributed by atoms with Crippen LogP contribution in [0.4, 0.5) is 0 Å². The molecule has 0 spiro atoms. The molecule has 4 fully saturated rings. The number of carbonyl (C=O) groups excluding carboxylic acids is 1. The van der Waals surface area contributed by atoms with E-state index < -0.39 is 148 Å². The third kappa shape index (κ3) is 11.6. The highest BCUT2D eigenvalue weighted by atomic mass is 16.8. The van der Waals surface area contributed by atoms with E-state index >= 15 is 0 Å². The number of rotatable bonds is 19. The minimum atomic E-state index is -2.02. The largest absolute Gasteiger partial charge is 0.491 e. The predicted molar refractivity (Wildman–Crippen MR) is 197 cm³/mol. The van der Waals surface area contributed by atoms with Gasteiger partial charge in [-0.25, -0.2) is 0 Å². The molecule has 23 heteroatoms. The normalized spacial score (nSPS) is 42.4. The van der Waals surface area contributed by atoms with Gasteiger partial charge in [0, 0.05) is 13.5 Å². The van der Waals surface area contributed by atoms with E-state index in [1.165, 1.54) is 0 Å². The highest BCUT2D eigenvalue weighted by Crippen LogP contribution is 2.35. The van der Waals surface area contributed by atoms with Crippen LogP contribution >= 0.6 is 0 Å². The van der Waals surface area contributed by atoms with Crippen LogP contribution < -0.4 is 15.8 Å². The molecule has 0 aromatic heterocycles. The molecule has 8 unspecified atom stereocenters. The van der Waals surface area contributed by atoms with Crippen molar-refractivity contribution in [1.82, 2.24) is 5.32 Å². The quantitative estimate of drug-likeness (QED) is 0.0575. The summed E-state index contributed by atoms with van der Waals surface area (Å²) in [6.07, 6.45) is -29.9. The predicted octanol–water partition coefficient (Wildman–Crippen LogP) is -6.36. The van der Waals surface area contributed by atoms with Gasteiger partial charge in [-0.05, 0) is 37.9 Å². The minimum Gasteiger partial charge on any atom is -0.491 e. The fourth-order valence-corrected chi connectivity index (χ4v) is 7.37. The summed E-state index contributed by atoms with van der Waals surface area (Å²) in [6.45, 7) is -1.05.